The van der Waals surface area contributed by atoms with Gasteiger partial charge < -0.3 is 15.0 Å². The number of carbonyl (C=O) groups excluding carboxylic acids is 3. The van der Waals surface area contributed by atoms with Crippen LogP contribution in [0.2, 0.25) is 0 Å². The first-order chi connectivity index (χ1) is 12.6. The molecule has 0 bridgehead atoms. The third-order valence-electron chi connectivity index (χ3n) is 5.19. The number of nitrogens with zero attached hydrogens (tertiary/aromatic N) is 1. The Kier molecular flexibility index (Phi) is 5.91. The molecule has 1 saturated carbocycles. The maximum absolute atomic E-state index is 12.6. The van der Waals surface area contributed by atoms with Gasteiger partial charge in [0, 0.05) is 18.2 Å². The van der Waals surface area contributed by atoms with Crippen LogP contribution in [-0.2, 0) is 25.5 Å². The molecule has 1 atom stereocenters. The summed E-state index contributed by atoms with van der Waals surface area (Å²) in [4.78, 5) is 38.3. The van der Waals surface area contributed by atoms with E-state index in [0.717, 1.165) is 43.4 Å². The Morgan fingerprint density at radius 3 is 2.69 bits per heavy atom. The third kappa shape index (κ3) is 4.23. The van der Waals surface area contributed by atoms with Gasteiger partial charge in [0.25, 0.3) is 5.91 Å². The monoisotopic (exact) mass is 358 g/mol. The van der Waals surface area contributed by atoms with Crippen LogP contribution in [0, 0.1) is 5.92 Å². The highest BCUT2D eigenvalue weighted by molar-refractivity contribution is 5.99. The second-order valence-corrected chi connectivity index (χ2v) is 7.05. The summed E-state index contributed by atoms with van der Waals surface area (Å²) in [7, 11) is 0. The van der Waals surface area contributed by atoms with Crippen molar-refractivity contribution in [2.75, 3.05) is 18.0 Å². The minimum Gasteiger partial charge on any atom is -0.451 e. The summed E-state index contributed by atoms with van der Waals surface area (Å²) in [5, 5.41) is 2.64. The van der Waals surface area contributed by atoms with Crippen LogP contribution in [0.25, 0.3) is 0 Å². The molecular weight excluding hydrogens is 332 g/mol. The minimum atomic E-state index is -0.875. The fourth-order valence-corrected chi connectivity index (χ4v) is 3.74. The summed E-state index contributed by atoms with van der Waals surface area (Å²) in [6.45, 7) is 1.98. The zero-order chi connectivity index (χ0) is 18.5. The molecule has 0 aromatic heterocycles. The lowest BCUT2D eigenvalue weighted by Gasteiger charge is -2.22. The summed E-state index contributed by atoms with van der Waals surface area (Å²) in [6, 6.07) is 7.74. The summed E-state index contributed by atoms with van der Waals surface area (Å²) in [5.41, 5.74) is 2.00. The lowest BCUT2D eigenvalue weighted by atomic mass is 9.89. The molecule has 0 spiro atoms. The van der Waals surface area contributed by atoms with E-state index in [9.17, 15) is 14.4 Å². The van der Waals surface area contributed by atoms with Crippen molar-refractivity contribution in [3.63, 3.8) is 0 Å². The number of hydrogen-bond acceptors (Lipinski definition) is 4. The van der Waals surface area contributed by atoms with Crippen LogP contribution in [0.15, 0.2) is 24.3 Å². The SMILES string of the molecule is CC(OC(=O)CNC(=O)C1CCCCC1)C(=O)N1CCc2ccccc21. The topological polar surface area (TPSA) is 75.7 Å². The maximum atomic E-state index is 12.6. The molecular formula is C20H26N2O4. The first kappa shape index (κ1) is 18.4. The van der Waals surface area contributed by atoms with Crippen LogP contribution in [0.4, 0.5) is 5.69 Å². The largest absolute Gasteiger partial charge is 0.451 e. The number of nitrogens with one attached hydrogen (secondary N) is 1. The van der Waals surface area contributed by atoms with Crippen LogP contribution >= 0.6 is 0 Å². The lowest BCUT2D eigenvalue weighted by molar-refractivity contribution is -0.153. The summed E-state index contributed by atoms with van der Waals surface area (Å²) in [6.07, 6.45) is 4.98. The Hall–Kier alpha value is -2.37. The van der Waals surface area contributed by atoms with Gasteiger partial charge in [-0.05, 0) is 37.8 Å². The zero-order valence-electron chi connectivity index (χ0n) is 15.2. The quantitative estimate of drug-likeness (QED) is 0.819. The van der Waals surface area contributed by atoms with E-state index < -0.39 is 12.1 Å². The van der Waals surface area contributed by atoms with E-state index in [0.29, 0.717) is 6.54 Å². The van der Waals surface area contributed by atoms with E-state index in [1.54, 1.807) is 11.8 Å². The van der Waals surface area contributed by atoms with Crippen LogP contribution in [0.1, 0.15) is 44.6 Å². The molecule has 1 aliphatic heterocycles. The van der Waals surface area contributed by atoms with Crippen molar-refractivity contribution >= 4 is 23.5 Å². The number of amides is 2. The van der Waals surface area contributed by atoms with E-state index in [-0.39, 0.29) is 24.3 Å². The van der Waals surface area contributed by atoms with E-state index in [1.807, 2.05) is 24.3 Å². The van der Waals surface area contributed by atoms with Gasteiger partial charge in [-0.25, -0.2) is 0 Å². The second-order valence-electron chi connectivity index (χ2n) is 7.05. The normalized spacial score (nSPS) is 18.1. The van der Waals surface area contributed by atoms with Gasteiger partial charge in [0.2, 0.25) is 5.91 Å². The molecule has 0 radical (unpaired) electrons. The molecule has 1 fully saturated rings. The van der Waals surface area contributed by atoms with E-state index in [4.69, 9.17) is 4.74 Å². The van der Waals surface area contributed by atoms with Crippen LogP contribution in [-0.4, -0.2) is 37.0 Å². The second kappa shape index (κ2) is 8.34. The highest BCUT2D eigenvalue weighted by Gasteiger charge is 2.30. The van der Waals surface area contributed by atoms with Crippen LogP contribution < -0.4 is 10.2 Å². The molecule has 1 heterocycles. The van der Waals surface area contributed by atoms with Crippen molar-refractivity contribution in [1.29, 1.82) is 0 Å². The van der Waals surface area contributed by atoms with Gasteiger partial charge in [0.1, 0.15) is 6.54 Å². The molecule has 1 unspecified atom stereocenters. The molecule has 2 amide bonds. The van der Waals surface area contributed by atoms with E-state index >= 15 is 0 Å². The van der Waals surface area contributed by atoms with Gasteiger partial charge in [-0.15, -0.1) is 0 Å². The van der Waals surface area contributed by atoms with E-state index in [2.05, 4.69) is 5.32 Å². The molecule has 140 valence electrons. The third-order valence-corrected chi connectivity index (χ3v) is 5.19. The first-order valence-corrected chi connectivity index (χ1v) is 9.42. The minimum absolute atomic E-state index is 0.00305. The molecule has 1 N–H and O–H groups in total. The Morgan fingerprint density at radius 1 is 1.19 bits per heavy atom. The molecule has 6 heteroatoms. The highest BCUT2D eigenvalue weighted by atomic mass is 16.5. The Morgan fingerprint density at radius 2 is 1.92 bits per heavy atom. The smallest absolute Gasteiger partial charge is 0.326 e. The molecule has 1 aromatic rings. The van der Waals surface area contributed by atoms with Crippen LogP contribution in [0.3, 0.4) is 0 Å². The van der Waals surface area contributed by atoms with Gasteiger partial charge in [-0.2, -0.15) is 0 Å². The van der Waals surface area contributed by atoms with Crippen molar-refractivity contribution in [3.8, 4) is 0 Å². The molecule has 6 nitrogen and oxygen atoms in total. The van der Waals surface area contributed by atoms with Crippen molar-refractivity contribution in [2.24, 2.45) is 5.92 Å². The Bertz CT molecular complexity index is 682. The van der Waals surface area contributed by atoms with Crippen molar-refractivity contribution in [2.45, 2.75) is 51.6 Å². The molecule has 0 saturated heterocycles. The van der Waals surface area contributed by atoms with Crippen molar-refractivity contribution in [1.82, 2.24) is 5.32 Å². The molecule has 1 aromatic carbocycles. The van der Waals surface area contributed by atoms with Gasteiger partial charge in [-0.3, -0.25) is 14.4 Å². The summed E-state index contributed by atoms with van der Waals surface area (Å²) >= 11 is 0. The number of carbonyl (C=O) groups is 3. The number of benzene rings is 1. The average molecular weight is 358 g/mol. The van der Waals surface area contributed by atoms with Gasteiger partial charge in [0.15, 0.2) is 6.10 Å². The molecule has 26 heavy (non-hydrogen) atoms. The number of rotatable bonds is 5. The summed E-state index contributed by atoms with van der Waals surface area (Å²) in [5.74, 6) is -0.907. The number of fused-ring (bicyclic) bond motifs is 1. The number of ether oxygens (including phenoxy) is 1. The van der Waals surface area contributed by atoms with Gasteiger partial charge in [0.05, 0.1) is 0 Å². The average Bonchev–Trinajstić information content (AvgIpc) is 3.10. The standard InChI is InChI=1S/C20H26N2O4/c1-14(20(25)22-12-11-15-7-5-6-10-17(15)22)26-18(23)13-21-19(24)16-8-3-2-4-9-16/h5-7,10,14,16H,2-4,8-9,11-13H2,1H3,(H,21,24). The zero-order valence-corrected chi connectivity index (χ0v) is 15.2. The predicted octanol–water partition coefficient (Wildman–Crippen LogP) is 2.20. The molecule has 3 rings (SSSR count). The van der Waals surface area contributed by atoms with Gasteiger partial charge in [-0.1, -0.05) is 37.5 Å². The molecule has 1 aliphatic carbocycles. The van der Waals surface area contributed by atoms with Crippen LogP contribution in [0.5, 0.6) is 0 Å². The van der Waals surface area contributed by atoms with Crippen molar-refractivity contribution < 1.29 is 19.1 Å². The van der Waals surface area contributed by atoms with E-state index in [1.165, 1.54) is 6.42 Å². The fraction of sp³-hybridized carbons (Fsp3) is 0.550. The predicted molar refractivity (Wildman–Crippen MR) is 97.6 cm³/mol. The lowest BCUT2D eigenvalue weighted by Crippen LogP contribution is -2.41. The first-order valence-electron chi connectivity index (χ1n) is 9.42. The Balaban J connectivity index is 1.47. The maximum Gasteiger partial charge on any atom is 0.326 e. The number of hydrogen-bond donors (Lipinski definition) is 1. The number of anilines is 1. The highest BCUT2D eigenvalue weighted by Crippen LogP contribution is 2.28. The fourth-order valence-electron chi connectivity index (χ4n) is 3.74. The Labute approximate surface area is 153 Å². The van der Waals surface area contributed by atoms with Crippen molar-refractivity contribution in [3.05, 3.63) is 29.8 Å². The summed E-state index contributed by atoms with van der Waals surface area (Å²) < 4.78 is 5.23. The number of para-hydroxylation sites is 1. The molecule has 2 aliphatic rings. The number of esters is 1. The van der Waals surface area contributed by atoms with Gasteiger partial charge >= 0.3 is 5.97 Å².